The quantitative estimate of drug-likeness (QED) is 0.700. The average Bonchev–Trinajstić information content (AvgIpc) is 2.11. The van der Waals surface area contributed by atoms with Gasteiger partial charge in [0.1, 0.15) is 0 Å². The van der Waals surface area contributed by atoms with Gasteiger partial charge in [0, 0.05) is 5.41 Å². The predicted octanol–water partition coefficient (Wildman–Crippen LogP) is 3.36. The van der Waals surface area contributed by atoms with Gasteiger partial charge in [0.05, 0.1) is 5.60 Å². The normalized spacial score (nSPS) is 62.4. The maximum Gasteiger partial charge on any atom is 0.0711 e. The van der Waals surface area contributed by atoms with Crippen LogP contribution in [0, 0.1) is 22.7 Å². The van der Waals surface area contributed by atoms with Crippen molar-refractivity contribution < 1.29 is 5.11 Å². The molecule has 4 bridgehead atoms. The smallest absolute Gasteiger partial charge is 0.0711 e. The maximum absolute atomic E-state index is 11.0. The van der Waals surface area contributed by atoms with Gasteiger partial charge in [0.25, 0.3) is 0 Å². The fourth-order valence-electron chi connectivity index (χ4n) is 5.56. The van der Waals surface area contributed by atoms with E-state index in [0.29, 0.717) is 5.41 Å². The van der Waals surface area contributed by atoms with Crippen LogP contribution in [0.5, 0.6) is 0 Å². The molecule has 15 heavy (non-hydrogen) atoms. The highest BCUT2D eigenvalue weighted by Gasteiger charge is 2.66. The summed E-state index contributed by atoms with van der Waals surface area (Å²) in [7, 11) is 0. The fraction of sp³-hybridized carbons (Fsp3) is 1.00. The van der Waals surface area contributed by atoms with E-state index >= 15 is 0 Å². The number of rotatable bonds is 1. The van der Waals surface area contributed by atoms with Crippen LogP contribution in [-0.4, -0.2) is 10.7 Å². The Kier molecular flexibility index (Phi) is 1.77. The highest BCUT2D eigenvalue weighted by molar-refractivity contribution is 5.17. The summed E-state index contributed by atoms with van der Waals surface area (Å²) >= 11 is 0. The van der Waals surface area contributed by atoms with Crippen LogP contribution in [-0.2, 0) is 0 Å². The first kappa shape index (κ1) is 10.1. The van der Waals surface area contributed by atoms with Crippen LogP contribution in [0.25, 0.3) is 0 Å². The van der Waals surface area contributed by atoms with Crippen LogP contribution in [0.3, 0.4) is 0 Å². The molecule has 0 radical (unpaired) electrons. The zero-order chi connectivity index (χ0) is 10.9. The molecule has 4 aliphatic rings. The van der Waals surface area contributed by atoms with Crippen molar-refractivity contribution in [3.05, 3.63) is 0 Å². The third-order valence-electron chi connectivity index (χ3n) is 6.46. The van der Waals surface area contributed by atoms with Gasteiger partial charge in [-0.05, 0) is 55.8 Å². The Morgan fingerprint density at radius 3 is 2.00 bits per heavy atom. The van der Waals surface area contributed by atoms with Gasteiger partial charge in [0.15, 0.2) is 0 Å². The summed E-state index contributed by atoms with van der Waals surface area (Å²) in [6.07, 6.45) is 7.45. The molecular weight excluding hydrogens is 184 g/mol. The van der Waals surface area contributed by atoms with Crippen molar-refractivity contribution in [1.82, 2.24) is 0 Å². The van der Waals surface area contributed by atoms with Crippen molar-refractivity contribution in [2.75, 3.05) is 0 Å². The first-order valence-corrected chi connectivity index (χ1v) is 6.65. The molecule has 4 rings (SSSR count). The minimum atomic E-state index is -0.333. The Hall–Kier alpha value is -0.0400. The zero-order valence-corrected chi connectivity index (χ0v) is 10.3. The summed E-state index contributed by atoms with van der Waals surface area (Å²) in [5, 5.41) is 11.0. The first-order valence-electron chi connectivity index (χ1n) is 6.65. The minimum absolute atomic E-state index is 0.174. The van der Waals surface area contributed by atoms with Crippen molar-refractivity contribution in [3.63, 3.8) is 0 Å². The summed E-state index contributed by atoms with van der Waals surface area (Å²) in [6, 6.07) is 0. The molecule has 3 unspecified atom stereocenters. The van der Waals surface area contributed by atoms with E-state index in [1.807, 2.05) is 0 Å². The van der Waals surface area contributed by atoms with E-state index in [1.54, 1.807) is 0 Å². The molecule has 0 saturated heterocycles. The van der Waals surface area contributed by atoms with Crippen LogP contribution in [0.1, 0.15) is 59.3 Å². The molecule has 0 aromatic rings. The van der Waals surface area contributed by atoms with Crippen molar-refractivity contribution in [3.8, 4) is 0 Å². The summed E-state index contributed by atoms with van der Waals surface area (Å²) in [6.45, 7) is 7.06. The average molecular weight is 208 g/mol. The SMILES string of the molecule is CCC1(C)C2(C)CC3CC(C2)CC1(O)C3. The van der Waals surface area contributed by atoms with Crippen molar-refractivity contribution in [2.24, 2.45) is 22.7 Å². The molecule has 4 saturated carbocycles. The highest BCUT2D eigenvalue weighted by atomic mass is 16.3. The second-order valence-corrected chi connectivity index (χ2v) is 7.06. The summed E-state index contributed by atoms with van der Waals surface area (Å²) < 4.78 is 0. The third-order valence-corrected chi connectivity index (χ3v) is 6.46. The minimum Gasteiger partial charge on any atom is -0.389 e. The molecule has 0 aliphatic heterocycles. The zero-order valence-electron chi connectivity index (χ0n) is 10.3. The van der Waals surface area contributed by atoms with Gasteiger partial charge in [-0.15, -0.1) is 0 Å². The van der Waals surface area contributed by atoms with E-state index in [9.17, 15) is 5.11 Å². The number of hydrogen-bond donors (Lipinski definition) is 1. The highest BCUT2D eigenvalue weighted by Crippen LogP contribution is 2.70. The third kappa shape index (κ3) is 0.988. The molecular formula is C14H24O. The van der Waals surface area contributed by atoms with E-state index in [2.05, 4.69) is 20.8 Å². The second-order valence-electron chi connectivity index (χ2n) is 7.06. The molecule has 1 heteroatoms. The molecule has 86 valence electrons. The molecule has 4 aliphatic carbocycles. The van der Waals surface area contributed by atoms with Crippen molar-refractivity contribution in [1.29, 1.82) is 0 Å². The maximum atomic E-state index is 11.0. The van der Waals surface area contributed by atoms with Crippen molar-refractivity contribution in [2.45, 2.75) is 64.9 Å². The summed E-state index contributed by atoms with van der Waals surface area (Å²) in [5.41, 5.74) is 0.259. The Morgan fingerprint density at radius 2 is 1.60 bits per heavy atom. The van der Waals surface area contributed by atoms with E-state index in [0.717, 1.165) is 31.1 Å². The van der Waals surface area contributed by atoms with E-state index in [4.69, 9.17) is 0 Å². The summed E-state index contributed by atoms with van der Waals surface area (Å²) in [5.74, 6) is 1.65. The Labute approximate surface area is 93.3 Å². The van der Waals surface area contributed by atoms with Crippen LogP contribution in [0.2, 0.25) is 0 Å². The largest absolute Gasteiger partial charge is 0.389 e. The molecule has 4 fully saturated rings. The van der Waals surface area contributed by atoms with E-state index in [-0.39, 0.29) is 11.0 Å². The fourth-order valence-corrected chi connectivity index (χ4v) is 5.56. The molecule has 0 aromatic carbocycles. The van der Waals surface area contributed by atoms with Gasteiger partial charge in [-0.25, -0.2) is 0 Å². The van der Waals surface area contributed by atoms with Gasteiger partial charge in [-0.2, -0.15) is 0 Å². The monoisotopic (exact) mass is 208 g/mol. The molecule has 0 amide bonds. The molecule has 3 atom stereocenters. The molecule has 1 nitrogen and oxygen atoms in total. The van der Waals surface area contributed by atoms with Gasteiger partial charge in [-0.1, -0.05) is 20.8 Å². The van der Waals surface area contributed by atoms with Gasteiger partial charge < -0.3 is 5.11 Å². The summed E-state index contributed by atoms with van der Waals surface area (Å²) in [4.78, 5) is 0. The van der Waals surface area contributed by atoms with Gasteiger partial charge >= 0.3 is 0 Å². The van der Waals surface area contributed by atoms with Gasteiger partial charge in [0.2, 0.25) is 0 Å². The topological polar surface area (TPSA) is 20.2 Å². The Morgan fingerprint density at radius 1 is 1.07 bits per heavy atom. The lowest BCUT2D eigenvalue weighted by molar-refractivity contribution is -0.259. The lowest BCUT2D eigenvalue weighted by Gasteiger charge is -2.69. The molecule has 0 spiro atoms. The lowest BCUT2D eigenvalue weighted by Crippen LogP contribution is -2.67. The molecule has 0 heterocycles. The van der Waals surface area contributed by atoms with Crippen molar-refractivity contribution >= 4 is 0 Å². The van der Waals surface area contributed by atoms with E-state index < -0.39 is 0 Å². The number of hydrogen-bond acceptors (Lipinski definition) is 1. The van der Waals surface area contributed by atoms with Crippen LogP contribution < -0.4 is 0 Å². The Bertz CT molecular complexity index is 258. The Balaban J connectivity index is 2.09. The predicted molar refractivity (Wildman–Crippen MR) is 61.5 cm³/mol. The molecule has 0 aromatic heterocycles. The van der Waals surface area contributed by atoms with Crippen LogP contribution in [0.4, 0.5) is 0 Å². The second kappa shape index (κ2) is 2.61. The first-order chi connectivity index (χ1) is 6.92. The van der Waals surface area contributed by atoms with Crippen LogP contribution >= 0.6 is 0 Å². The van der Waals surface area contributed by atoms with Crippen LogP contribution in [0.15, 0.2) is 0 Å². The lowest BCUT2D eigenvalue weighted by atomic mass is 9.37. The van der Waals surface area contributed by atoms with Gasteiger partial charge in [-0.3, -0.25) is 0 Å². The number of aliphatic hydroxyl groups is 1. The van der Waals surface area contributed by atoms with E-state index in [1.165, 1.54) is 19.3 Å². The standard InChI is InChI=1S/C14H24O/c1-4-13(3)12(2)6-10-5-11(7-12)9-14(13,15)8-10/h10-11,15H,4-9H2,1-3H3. The molecule has 1 N–H and O–H groups in total.